The van der Waals surface area contributed by atoms with E-state index in [1.807, 2.05) is 5.32 Å². The second-order valence-corrected chi connectivity index (χ2v) is 7.33. The second-order valence-electron chi connectivity index (χ2n) is 7.33. The Balaban J connectivity index is 2.20. The van der Waals surface area contributed by atoms with E-state index in [1.54, 1.807) is 24.3 Å². The molecule has 0 saturated carbocycles. The van der Waals surface area contributed by atoms with Gasteiger partial charge in [0.05, 0.1) is 0 Å². The molecule has 0 aromatic heterocycles. The number of anilines is 1. The Morgan fingerprint density at radius 1 is 1.03 bits per heavy atom. The molecule has 0 aliphatic heterocycles. The van der Waals surface area contributed by atoms with Crippen LogP contribution in [0.5, 0.6) is 0 Å². The summed E-state index contributed by atoms with van der Waals surface area (Å²) in [5.41, 5.74) is 6.18. The fourth-order valence-electron chi connectivity index (χ4n) is 2.84. The van der Waals surface area contributed by atoms with E-state index in [0.717, 1.165) is 6.92 Å². The van der Waals surface area contributed by atoms with E-state index in [1.165, 1.54) is 36.8 Å². The number of nitrogens with two attached hydrogens (primary N) is 1. The summed E-state index contributed by atoms with van der Waals surface area (Å²) in [6.07, 6.45) is -3.28. The minimum absolute atomic E-state index is 0.0194. The number of carbonyl (C=O) groups is 3. The normalized spacial score (nSPS) is 12.5. The van der Waals surface area contributed by atoms with Gasteiger partial charge in [0.2, 0.25) is 0 Å². The summed E-state index contributed by atoms with van der Waals surface area (Å²) < 4.78 is 27.6. The first-order valence-electron chi connectivity index (χ1n) is 10.1. The van der Waals surface area contributed by atoms with Gasteiger partial charge in [-0.05, 0) is 55.2 Å². The predicted molar refractivity (Wildman–Crippen MR) is 124 cm³/mol. The maximum absolute atomic E-state index is 13.8. The molecule has 2 aromatic rings. The molecule has 9 nitrogen and oxygen atoms in total. The molecule has 0 fully saturated rings. The molecule has 2 rings (SSSR count). The zero-order valence-corrected chi connectivity index (χ0v) is 18.8. The summed E-state index contributed by atoms with van der Waals surface area (Å²) in [6.45, 7) is 0.857. The monoisotopic (exact) mass is 483 g/mol. The van der Waals surface area contributed by atoms with Gasteiger partial charge >= 0.3 is 6.03 Å². The van der Waals surface area contributed by atoms with Crippen LogP contribution in [0.25, 0.3) is 0 Å². The van der Waals surface area contributed by atoms with Crippen molar-refractivity contribution in [3.05, 3.63) is 65.2 Å². The third-order valence-electron chi connectivity index (χ3n) is 4.89. The fourth-order valence-corrected chi connectivity index (χ4v) is 2.84. The molecule has 2 atom stereocenters. The first-order chi connectivity index (χ1) is 16.6. The number of hydrogen-bond acceptors (Lipinski definition) is 5. The molecule has 0 saturated heterocycles. The molecule has 0 heterocycles. The van der Waals surface area contributed by atoms with Crippen LogP contribution in [-0.4, -0.2) is 48.1 Å². The molecule has 1 unspecified atom stereocenters. The van der Waals surface area contributed by atoms with Gasteiger partial charge < -0.3 is 21.7 Å². The zero-order valence-electron chi connectivity index (χ0n) is 18.8. The number of hydrogen-bond donors (Lipinski definition) is 6. The Kier molecular flexibility index (Phi) is 9.15. The van der Waals surface area contributed by atoms with E-state index in [-0.39, 0.29) is 5.56 Å². The van der Waals surface area contributed by atoms with Gasteiger partial charge in [0, 0.05) is 29.4 Å². The standard InChI is InChI=1S/C24H23F2N5O4/c1-24(22(25)26,30-23(34)28-2)19(21(33)31-35)29-20(32)17-13-11-15(12-14-17)7-3-4-8-16-9-5-6-10-18(16)27/h5-6,9-14,19,22,35H,27H2,1-2H3,(H,29,32)(H,31,33)(H2,28,30,34)/t19-,24?/m1/s1. The number of halogens is 2. The number of benzene rings is 2. The summed E-state index contributed by atoms with van der Waals surface area (Å²) in [5.74, 6) is 8.70. The van der Waals surface area contributed by atoms with Crippen LogP contribution < -0.4 is 27.2 Å². The maximum Gasteiger partial charge on any atom is 0.315 e. The molecule has 182 valence electrons. The highest BCUT2D eigenvalue weighted by molar-refractivity contribution is 5.98. The summed E-state index contributed by atoms with van der Waals surface area (Å²) >= 11 is 0. The summed E-state index contributed by atoms with van der Waals surface area (Å²) in [5, 5.41) is 15.2. The molecular formula is C24H23F2N5O4. The Morgan fingerprint density at radius 3 is 2.23 bits per heavy atom. The van der Waals surface area contributed by atoms with Crippen molar-refractivity contribution in [2.45, 2.75) is 24.9 Å². The van der Waals surface area contributed by atoms with Crippen LogP contribution in [0.2, 0.25) is 0 Å². The molecule has 0 aliphatic rings. The van der Waals surface area contributed by atoms with Crippen molar-refractivity contribution in [2.24, 2.45) is 0 Å². The van der Waals surface area contributed by atoms with Crippen molar-refractivity contribution in [1.29, 1.82) is 0 Å². The van der Waals surface area contributed by atoms with Crippen LogP contribution >= 0.6 is 0 Å². The van der Waals surface area contributed by atoms with Crippen molar-refractivity contribution in [3.63, 3.8) is 0 Å². The number of amides is 4. The Morgan fingerprint density at radius 2 is 1.66 bits per heavy atom. The van der Waals surface area contributed by atoms with Crippen molar-refractivity contribution in [1.82, 2.24) is 21.4 Å². The van der Waals surface area contributed by atoms with Crippen molar-refractivity contribution >= 4 is 23.5 Å². The average Bonchev–Trinajstić information content (AvgIpc) is 2.85. The highest BCUT2D eigenvalue weighted by Gasteiger charge is 2.48. The van der Waals surface area contributed by atoms with Gasteiger partial charge in [0.15, 0.2) is 0 Å². The average molecular weight is 483 g/mol. The van der Waals surface area contributed by atoms with Gasteiger partial charge in [-0.1, -0.05) is 24.0 Å². The molecule has 7 N–H and O–H groups in total. The topological polar surface area (TPSA) is 146 Å². The highest BCUT2D eigenvalue weighted by Crippen LogP contribution is 2.21. The van der Waals surface area contributed by atoms with Gasteiger partial charge in [0.25, 0.3) is 18.2 Å². The molecule has 0 spiro atoms. The number of urea groups is 1. The van der Waals surface area contributed by atoms with Crippen molar-refractivity contribution in [2.75, 3.05) is 12.8 Å². The van der Waals surface area contributed by atoms with Gasteiger partial charge in [-0.2, -0.15) is 0 Å². The Hall–Kier alpha value is -4.61. The molecule has 35 heavy (non-hydrogen) atoms. The number of alkyl halides is 2. The number of nitrogen functional groups attached to an aromatic ring is 1. The largest absolute Gasteiger partial charge is 0.398 e. The van der Waals surface area contributed by atoms with Gasteiger partial charge in [-0.15, -0.1) is 0 Å². The van der Waals surface area contributed by atoms with Crippen molar-refractivity contribution < 1.29 is 28.4 Å². The lowest BCUT2D eigenvalue weighted by Gasteiger charge is -2.36. The molecule has 0 bridgehead atoms. The van der Waals surface area contributed by atoms with E-state index in [9.17, 15) is 23.2 Å². The third-order valence-corrected chi connectivity index (χ3v) is 4.89. The SMILES string of the molecule is CNC(=O)NC(C)(C(F)F)[C@H](NC(=O)c1ccc(C#CC#Cc2ccccc2N)cc1)C(=O)NO. The van der Waals surface area contributed by atoms with Crippen LogP contribution in [0.1, 0.15) is 28.4 Å². The molecule has 2 aromatic carbocycles. The number of hydroxylamine groups is 1. The van der Waals surface area contributed by atoms with Gasteiger partial charge in [-0.25, -0.2) is 19.1 Å². The van der Waals surface area contributed by atoms with E-state index < -0.39 is 35.9 Å². The van der Waals surface area contributed by atoms with Crippen LogP contribution in [0.15, 0.2) is 48.5 Å². The van der Waals surface area contributed by atoms with E-state index in [4.69, 9.17) is 10.9 Å². The summed E-state index contributed by atoms with van der Waals surface area (Å²) in [6, 6.07) is 9.74. The Labute approximate surface area is 200 Å². The summed E-state index contributed by atoms with van der Waals surface area (Å²) in [7, 11) is 1.19. The first-order valence-corrected chi connectivity index (χ1v) is 10.1. The highest BCUT2D eigenvalue weighted by atomic mass is 19.3. The molecule has 0 aliphatic carbocycles. The van der Waals surface area contributed by atoms with Crippen LogP contribution in [0.4, 0.5) is 19.3 Å². The minimum atomic E-state index is -3.28. The number of para-hydroxylation sites is 1. The van der Waals surface area contributed by atoms with Crippen LogP contribution in [0.3, 0.4) is 0 Å². The smallest absolute Gasteiger partial charge is 0.315 e. The third kappa shape index (κ3) is 6.93. The number of carbonyl (C=O) groups excluding carboxylic acids is 3. The lowest BCUT2D eigenvalue weighted by atomic mass is 9.91. The number of nitrogens with one attached hydrogen (secondary N) is 4. The fraction of sp³-hybridized carbons (Fsp3) is 0.208. The van der Waals surface area contributed by atoms with Crippen molar-refractivity contribution in [3.8, 4) is 23.7 Å². The minimum Gasteiger partial charge on any atom is -0.398 e. The molecule has 11 heteroatoms. The molecule has 4 amide bonds. The van der Waals surface area contributed by atoms with Gasteiger partial charge in [0.1, 0.15) is 11.6 Å². The second kappa shape index (κ2) is 12.0. The maximum atomic E-state index is 13.8. The van der Waals surface area contributed by atoms with E-state index in [0.29, 0.717) is 16.8 Å². The Bertz CT molecular complexity index is 1210. The molecule has 0 radical (unpaired) electrons. The van der Waals surface area contributed by atoms with E-state index >= 15 is 0 Å². The molecular weight excluding hydrogens is 460 g/mol. The quantitative estimate of drug-likeness (QED) is 0.158. The lowest BCUT2D eigenvalue weighted by Crippen LogP contribution is -2.69. The first kappa shape index (κ1) is 26.6. The lowest BCUT2D eigenvalue weighted by molar-refractivity contribution is -0.135. The van der Waals surface area contributed by atoms with Gasteiger partial charge in [-0.3, -0.25) is 14.8 Å². The van der Waals surface area contributed by atoms with E-state index in [2.05, 4.69) is 34.3 Å². The van der Waals surface area contributed by atoms with Crippen LogP contribution in [0, 0.1) is 23.7 Å². The number of rotatable bonds is 6. The predicted octanol–water partition coefficient (Wildman–Crippen LogP) is 1.23. The zero-order chi connectivity index (χ0) is 26.0. The van der Waals surface area contributed by atoms with Crippen LogP contribution in [-0.2, 0) is 4.79 Å². The summed E-state index contributed by atoms with van der Waals surface area (Å²) in [4.78, 5) is 36.4.